The molecule has 7 heteroatoms. The standard InChI is InChI=1S/C12H16N6O/c1-2-9(6-13-5-1)18-7-10(15-17-18)12-14-11(16-19-12)8-3-4-8/h7-9,13H,1-6H2. The molecule has 0 radical (unpaired) electrons. The number of piperidine rings is 1. The van der Waals surface area contributed by atoms with Crippen LogP contribution < -0.4 is 5.32 Å². The Kier molecular flexibility index (Phi) is 2.58. The number of hydrogen-bond acceptors (Lipinski definition) is 6. The fraction of sp³-hybridized carbons (Fsp3) is 0.667. The van der Waals surface area contributed by atoms with Crippen molar-refractivity contribution in [1.82, 2.24) is 30.5 Å². The fourth-order valence-electron chi connectivity index (χ4n) is 2.46. The van der Waals surface area contributed by atoms with Gasteiger partial charge in [0.1, 0.15) is 0 Å². The molecule has 2 fully saturated rings. The van der Waals surface area contributed by atoms with E-state index in [2.05, 4.69) is 25.8 Å². The van der Waals surface area contributed by atoms with E-state index in [-0.39, 0.29) is 0 Å². The van der Waals surface area contributed by atoms with Crippen molar-refractivity contribution in [1.29, 1.82) is 0 Å². The maximum Gasteiger partial charge on any atom is 0.280 e. The van der Waals surface area contributed by atoms with Gasteiger partial charge in [0, 0.05) is 12.5 Å². The molecule has 0 bridgehead atoms. The molecule has 2 aromatic rings. The fourth-order valence-corrected chi connectivity index (χ4v) is 2.46. The number of aromatic nitrogens is 5. The Hall–Kier alpha value is -1.76. The van der Waals surface area contributed by atoms with E-state index in [0.717, 1.165) is 25.3 Å². The van der Waals surface area contributed by atoms with E-state index in [1.54, 1.807) is 0 Å². The SMILES string of the molecule is c1c(-c2nc(C3CC3)no2)nnn1C1CCCNC1. The van der Waals surface area contributed by atoms with Gasteiger partial charge < -0.3 is 9.84 Å². The number of nitrogens with zero attached hydrogens (tertiary/aromatic N) is 5. The lowest BCUT2D eigenvalue weighted by molar-refractivity contribution is 0.341. The van der Waals surface area contributed by atoms with Crippen LogP contribution >= 0.6 is 0 Å². The van der Waals surface area contributed by atoms with Crippen molar-refractivity contribution in [2.75, 3.05) is 13.1 Å². The zero-order valence-electron chi connectivity index (χ0n) is 10.6. The van der Waals surface area contributed by atoms with Gasteiger partial charge in [0.2, 0.25) is 0 Å². The highest BCUT2D eigenvalue weighted by molar-refractivity contribution is 5.43. The largest absolute Gasteiger partial charge is 0.332 e. The molecule has 100 valence electrons. The second-order valence-corrected chi connectivity index (χ2v) is 5.32. The second-order valence-electron chi connectivity index (χ2n) is 5.32. The van der Waals surface area contributed by atoms with Crippen molar-refractivity contribution >= 4 is 0 Å². The zero-order chi connectivity index (χ0) is 12.7. The molecule has 2 aromatic heterocycles. The molecule has 1 atom stereocenters. The van der Waals surface area contributed by atoms with Crippen molar-refractivity contribution in [2.45, 2.75) is 37.6 Å². The van der Waals surface area contributed by atoms with Crippen molar-refractivity contribution in [3.63, 3.8) is 0 Å². The highest BCUT2D eigenvalue weighted by Gasteiger charge is 2.29. The first kappa shape index (κ1) is 11.1. The van der Waals surface area contributed by atoms with Crippen LogP contribution in [0.2, 0.25) is 0 Å². The Labute approximate surface area is 110 Å². The van der Waals surface area contributed by atoms with E-state index in [1.165, 1.54) is 19.3 Å². The Morgan fingerprint density at radius 3 is 3.05 bits per heavy atom. The molecular weight excluding hydrogens is 244 g/mol. The van der Waals surface area contributed by atoms with Crippen molar-refractivity contribution in [2.24, 2.45) is 0 Å². The number of nitrogens with one attached hydrogen (secondary N) is 1. The summed E-state index contributed by atoms with van der Waals surface area (Å²) in [6.07, 6.45) is 6.54. The quantitative estimate of drug-likeness (QED) is 0.891. The van der Waals surface area contributed by atoms with Gasteiger partial charge in [-0.15, -0.1) is 5.10 Å². The molecule has 1 aliphatic heterocycles. The summed E-state index contributed by atoms with van der Waals surface area (Å²) in [5, 5.41) is 15.7. The molecule has 3 heterocycles. The van der Waals surface area contributed by atoms with Gasteiger partial charge in [-0.05, 0) is 32.2 Å². The first-order valence-corrected chi connectivity index (χ1v) is 6.86. The summed E-state index contributed by atoms with van der Waals surface area (Å²) in [6, 6.07) is 0.376. The lowest BCUT2D eigenvalue weighted by Crippen LogP contribution is -2.31. The van der Waals surface area contributed by atoms with E-state index >= 15 is 0 Å². The summed E-state index contributed by atoms with van der Waals surface area (Å²) < 4.78 is 7.17. The maximum atomic E-state index is 5.26. The predicted molar refractivity (Wildman–Crippen MR) is 66.4 cm³/mol. The first-order chi connectivity index (χ1) is 9.40. The van der Waals surface area contributed by atoms with E-state index in [1.807, 2.05) is 10.9 Å². The number of hydrogen-bond donors (Lipinski definition) is 1. The van der Waals surface area contributed by atoms with E-state index < -0.39 is 0 Å². The van der Waals surface area contributed by atoms with E-state index in [4.69, 9.17) is 4.52 Å². The minimum atomic E-state index is 0.376. The average molecular weight is 260 g/mol. The van der Waals surface area contributed by atoms with Gasteiger partial charge in [0.05, 0.1) is 12.2 Å². The van der Waals surface area contributed by atoms with Gasteiger partial charge >= 0.3 is 0 Å². The average Bonchev–Trinajstić information content (AvgIpc) is 3.01. The molecule has 0 spiro atoms. The van der Waals surface area contributed by atoms with Gasteiger partial charge in [0.25, 0.3) is 5.89 Å². The van der Waals surface area contributed by atoms with Crippen LogP contribution in [0.3, 0.4) is 0 Å². The lowest BCUT2D eigenvalue weighted by Gasteiger charge is -2.22. The summed E-state index contributed by atoms with van der Waals surface area (Å²) in [5.74, 6) is 1.79. The van der Waals surface area contributed by atoms with Crippen LogP contribution in [-0.2, 0) is 0 Å². The highest BCUT2D eigenvalue weighted by atomic mass is 16.5. The normalized spacial score (nSPS) is 23.7. The summed E-state index contributed by atoms with van der Waals surface area (Å²) in [4.78, 5) is 4.39. The Morgan fingerprint density at radius 1 is 1.32 bits per heavy atom. The van der Waals surface area contributed by atoms with Crippen LogP contribution in [0.25, 0.3) is 11.6 Å². The smallest absolute Gasteiger partial charge is 0.280 e. The summed E-state index contributed by atoms with van der Waals surface area (Å²) in [7, 11) is 0. The third-order valence-corrected chi connectivity index (χ3v) is 3.76. The minimum absolute atomic E-state index is 0.376. The molecule has 4 rings (SSSR count). The summed E-state index contributed by atoms with van der Waals surface area (Å²) in [6.45, 7) is 2.03. The third-order valence-electron chi connectivity index (χ3n) is 3.76. The van der Waals surface area contributed by atoms with Gasteiger partial charge in [-0.1, -0.05) is 10.4 Å². The Balaban J connectivity index is 1.55. The van der Waals surface area contributed by atoms with Crippen LogP contribution in [0.15, 0.2) is 10.7 Å². The van der Waals surface area contributed by atoms with Crippen molar-refractivity contribution in [3.8, 4) is 11.6 Å². The molecule has 1 unspecified atom stereocenters. The molecule has 7 nitrogen and oxygen atoms in total. The summed E-state index contributed by atoms with van der Waals surface area (Å²) >= 11 is 0. The zero-order valence-corrected chi connectivity index (χ0v) is 10.6. The van der Waals surface area contributed by atoms with Crippen LogP contribution in [-0.4, -0.2) is 38.2 Å². The van der Waals surface area contributed by atoms with Gasteiger partial charge in [-0.25, -0.2) is 4.68 Å². The van der Waals surface area contributed by atoms with Crippen molar-refractivity contribution < 1.29 is 4.52 Å². The molecule has 0 aromatic carbocycles. The number of rotatable bonds is 3. The highest BCUT2D eigenvalue weighted by Crippen LogP contribution is 2.38. The molecule has 0 amide bonds. The molecule has 1 saturated heterocycles. The minimum Gasteiger partial charge on any atom is -0.332 e. The second kappa shape index (κ2) is 4.41. The molecule has 1 saturated carbocycles. The van der Waals surface area contributed by atoms with Gasteiger partial charge in [-0.3, -0.25) is 0 Å². The topological polar surface area (TPSA) is 81.7 Å². The molecular formula is C12H16N6O. The van der Waals surface area contributed by atoms with Crippen molar-refractivity contribution in [3.05, 3.63) is 12.0 Å². The Morgan fingerprint density at radius 2 is 2.26 bits per heavy atom. The third kappa shape index (κ3) is 2.14. The lowest BCUT2D eigenvalue weighted by atomic mass is 10.1. The monoisotopic (exact) mass is 260 g/mol. The van der Waals surface area contributed by atoms with Crippen LogP contribution in [0.1, 0.15) is 43.5 Å². The van der Waals surface area contributed by atoms with Crippen LogP contribution in [0.4, 0.5) is 0 Å². The van der Waals surface area contributed by atoms with E-state index in [0.29, 0.717) is 23.5 Å². The predicted octanol–water partition coefficient (Wildman–Crippen LogP) is 1.13. The van der Waals surface area contributed by atoms with E-state index in [9.17, 15) is 0 Å². The molecule has 19 heavy (non-hydrogen) atoms. The molecule has 1 aliphatic carbocycles. The van der Waals surface area contributed by atoms with Gasteiger partial charge in [0.15, 0.2) is 11.5 Å². The van der Waals surface area contributed by atoms with Gasteiger partial charge in [-0.2, -0.15) is 4.98 Å². The molecule has 2 aliphatic rings. The summed E-state index contributed by atoms with van der Waals surface area (Å²) in [5.41, 5.74) is 0.671. The Bertz CT molecular complexity index is 566. The molecule has 1 N–H and O–H groups in total. The maximum absolute atomic E-state index is 5.26. The van der Waals surface area contributed by atoms with Crippen LogP contribution in [0, 0.1) is 0 Å². The first-order valence-electron chi connectivity index (χ1n) is 6.86. The van der Waals surface area contributed by atoms with Crippen LogP contribution in [0.5, 0.6) is 0 Å².